The zero-order valence-electron chi connectivity index (χ0n) is 17.6. The third-order valence-electron chi connectivity index (χ3n) is 6.78. The second-order valence-corrected chi connectivity index (χ2v) is 9.05. The Hall–Kier alpha value is -2.30. The lowest BCUT2D eigenvalue weighted by Crippen LogP contribution is -2.40. The Morgan fingerprint density at radius 1 is 1.13 bits per heavy atom. The number of nitrogens with one attached hydrogen (secondary N) is 1. The molecule has 2 N–H and O–H groups in total. The molecule has 3 aromatic rings. The Kier molecular flexibility index (Phi) is 6.16. The number of aromatic nitrogens is 1. The van der Waals surface area contributed by atoms with Gasteiger partial charge in [-0.3, -0.25) is 0 Å². The molecule has 0 radical (unpaired) electrons. The SMILES string of the molecule is C[C@H]1[C@H](C)CCC[C@H]1NCc1c(C(=O)O)n(Cc2ccc(Cl)cc2)c2ccccc12. The molecule has 4 rings (SSSR count). The number of hydrogen-bond donors (Lipinski definition) is 2. The van der Waals surface area contributed by atoms with Crippen LogP contribution in [0.2, 0.25) is 5.02 Å². The number of nitrogens with zero attached hydrogens (tertiary/aromatic N) is 1. The van der Waals surface area contributed by atoms with Gasteiger partial charge in [0.05, 0.1) is 0 Å². The first-order valence-electron chi connectivity index (χ1n) is 10.8. The highest BCUT2D eigenvalue weighted by molar-refractivity contribution is 6.30. The normalized spacial score (nSPS) is 21.8. The van der Waals surface area contributed by atoms with Gasteiger partial charge < -0.3 is 15.0 Å². The average molecular weight is 425 g/mol. The minimum atomic E-state index is -0.887. The zero-order chi connectivity index (χ0) is 21.3. The number of carbonyl (C=O) groups is 1. The van der Waals surface area contributed by atoms with E-state index in [1.807, 2.05) is 53.1 Å². The van der Waals surface area contributed by atoms with Crippen molar-refractivity contribution in [1.29, 1.82) is 0 Å². The number of aromatic carboxylic acids is 1. The maximum atomic E-state index is 12.4. The highest BCUT2D eigenvalue weighted by atomic mass is 35.5. The fraction of sp³-hybridized carbons (Fsp3) is 0.400. The van der Waals surface area contributed by atoms with Gasteiger partial charge in [-0.1, -0.05) is 68.6 Å². The quantitative estimate of drug-likeness (QED) is 0.513. The standard InChI is InChI=1S/C25H29ClN2O2/c1-16-6-5-8-22(17(16)2)27-14-21-20-7-3-4-9-23(20)28(24(21)25(29)30)15-18-10-12-19(26)13-11-18/h3-4,7,9-13,16-17,22,27H,5-6,8,14-15H2,1-2H3,(H,29,30)/t16-,17+,22-/m1/s1. The second kappa shape index (κ2) is 8.83. The van der Waals surface area contributed by atoms with Crippen LogP contribution in [0.4, 0.5) is 0 Å². The van der Waals surface area contributed by atoms with Crippen molar-refractivity contribution >= 4 is 28.5 Å². The molecule has 3 atom stereocenters. The number of hydrogen-bond acceptors (Lipinski definition) is 2. The molecule has 0 aliphatic heterocycles. The molecule has 1 aliphatic rings. The van der Waals surface area contributed by atoms with E-state index in [1.54, 1.807) is 0 Å². The van der Waals surface area contributed by atoms with Gasteiger partial charge >= 0.3 is 5.97 Å². The summed E-state index contributed by atoms with van der Waals surface area (Å²) in [6, 6.07) is 16.0. The van der Waals surface area contributed by atoms with E-state index >= 15 is 0 Å². The number of benzene rings is 2. The Morgan fingerprint density at radius 2 is 1.87 bits per heavy atom. The van der Waals surface area contributed by atoms with Crippen molar-refractivity contribution < 1.29 is 9.90 Å². The summed E-state index contributed by atoms with van der Waals surface area (Å²) in [7, 11) is 0. The average Bonchev–Trinajstić information content (AvgIpc) is 3.04. The van der Waals surface area contributed by atoms with Gasteiger partial charge in [-0.25, -0.2) is 4.79 Å². The van der Waals surface area contributed by atoms with Crippen molar-refractivity contribution in [2.45, 2.75) is 52.2 Å². The summed E-state index contributed by atoms with van der Waals surface area (Å²) in [6.07, 6.45) is 3.66. The van der Waals surface area contributed by atoms with Crippen LogP contribution in [0.3, 0.4) is 0 Å². The molecular formula is C25H29ClN2O2. The monoisotopic (exact) mass is 424 g/mol. The second-order valence-electron chi connectivity index (χ2n) is 8.62. The van der Waals surface area contributed by atoms with E-state index in [4.69, 9.17) is 11.6 Å². The van der Waals surface area contributed by atoms with Crippen molar-refractivity contribution in [3.63, 3.8) is 0 Å². The minimum absolute atomic E-state index is 0.371. The summed E-state index contributed by atoms with van der Waals surface area (Å²) in [4.78, 5) is 12.4. The summed E-state index contributed by atoms with van der Waals surface area (Å²) < 4.78 is 1.92. The third-order valence-corrected chi connectivity index (χ3v) is 7.03. The Balaban J connectivity index is 1.71. The predicted octanol–water partition coefficient (Wildman–Crippen LogP) is 5.96. The number of halogens is 1. The van der Waals surface area contributed by atoms with Crippen LogP contribution in [0, 0.1) is 11.8 Å². The maximum absolute atomic E-state index is 12.4. The minimum Gasteiger partial charge on any atom is -0.477 e. The Labute approximate surface area is 182 Å². The van der Waals surface area contributed by atoms with Crippen molar-refractivity contribution in [2.75, 3.05) is 0 Å². The first-order chi connectivity index (χ1) is 14.5. The fourth-order valence-electron chi connectivity index (χ4n) is 4.84. The lowest BCUT2D eigenvalue weighted by atomic mass is 9.78. The molecule has 0 amide bonds. The Morgan fingerprint density at radius 3 is 2.60 bits per heavy atom. The van der Waals surface area contributed by atoms with Crippen LogP contribution in [0.1, 0.15) is 54.7 Å². The topological polar surface area (TPSA) is 54.3 Å². The van der Waals surface area contributed by atoms with E-state index in [2.05, 4.69) is 19.2 Å². The maximum Gasteiger partial charge on any atom is 0.352 e. The van der Waals surface area contributed by atoms with Crippen LogP contribution in [-0.2, 0) is 13.1 Å². The van der Waals surface area contributed by atoms with Gasteiger partial charge in [0.2, 0.25) is 0 Å². The highest BCUT2D eigenvalue weighted by Crippen LogP contribution is 2.31. The van der Waals surface area contributed by atoms with Crippen LogP contribution in [0.15, 0.2) is 48.5 Å². The molecule has 0 unspecified atom stereocenters. The molecular weight excluding hydrogens is 396 g/mol. The summed E-state index contributed by atoms with van der Waals surface area (Å²) in [5.74, 6) is 0.401. The van der Waals surface area contributed by atoms with Crippen molar-refractivity contribution in [1.82, 2.24) is 9.88 Å². The third kappa shape index (κ3) is 4.12. The lowest BCUT2D eigenvalue weighted by molar-refractivity contribution is 0.0684. The molecule has 0 spiro atoms. The summed E-state index contributed by atoms with van der Waals surface area (Å²) in [5, 5.41) is 15.5. The molecule has 5 heteroatoms. The van der Waals surface area contributed by atoms with Gasteiger partial charge in [-0.2, -0.15) is 0 Å². The van der Waals surface area contributed by atoms with Crippen LogP contribution in [0.5, 0.6) is 0 Å². The van der Waals surface area contributed by atoms with Gasteiger partial charge in [0.25, 0.3) is 0 Å². The lowest BCUT2D eigenvalue weighted by Gasteiger charge is -2.34. The molecule has 158 valence electrons. The zero-order valence-corrected chi connectivity index (χ0v) is 18.3. The molecule has 1 saturated carbocycles. The van der Waals surface area contributed by atoms with Crippen molar-refractivity contribution in [2.24, 2.45) is 11.8 Å². The van der Waals surface area contributed by atoms with E-state index in [-0.39, 0.29) is 0 Å². The molecule has 1 aliphatic carbocycles. The first-order valence-corrected chi connectivity index (χ1v) is 11.1. The molecule has 0 saturated heterocycles. The molecule has 1 aromatic heterocycles. The van der Waals surface area contributed by atoms with E-state index in [0.29, 0.717) is 41.7 Å². The van der Waals surface area contributed by atoms with Crippen molar-refractivity contribution in [3.8, 4) is 0 Å². The summed E-state index contributed by atoms with van der Waals surface area (Å²) in [5.41, 5.74) is 3.22. The van der Waals surface area contributed by atoms with Gasteiger partial charge in [0.1, 0.15) is 5.69 Å². The van der Waals surface area contributed by atoms with Crippen molar-refractivity contribution in [3.05, 3.63) is 70.4 Å². The number of carboxylic acid groups (broad SMARTS) is 1. The molecule has 0 bridgehead atoms. The predicted molar refractivity (Wildman–Crippen MR) is 122 cm³/mol. The smallest absolute Gasteiger partial charge is 0.352 e. The van der Waals surface area contributed by atoms with E-state index in [9.17, 15) is 9.90 Å². The van der Waals surface area contributed by atoms with Gasteiger partial charge in [0, 0.05) is 40.6 Å². The fourth-order valence-corrected chi connectivity index (χ4v) is 4.96. The highest BCUT2D eigenvalue weighted by Gasteiger charge is 2.28. The molecule has 1 heterocycles. The van der Waals surface area contributed by atoms with E-state index in [1.165, 1.54) is 12.8 Å². The van der Waals surface area contributed by atoms with Gasteiger partial charge in [-0.15, -0.1) is 0 Å². The van der Waals surface area contributed by atoms with Gasteiger partial charge in [-0.05, 0) is 42.0 Å². The number of carboxylic acids is 1. The van der Waals surface area contributed by atoms with Crippen LogP contribution in [0.25, 0.3) is 10.9 Å². The van der Waals surface area contributed by atoms with E-state index < -0.39 is 5.97 Å². The number of rotatable bonds is 6. The molecule has 4 nitrogen and oxygen atoms in total. The number of para-hydroxylation sites is 1. The first kappa shape index (κ1) is 21.0. The summed E-state index contributed by atoms with van der Waals surface area (Å²) in [6.45, 7) is 5.69. The number of fused-ring (bicyclic) bond motifs is 1. The molecule has 1 fully saturated rings. The van der Waals surface area contributed by atoms with Crippen LogP contribution >= 0.6 is 11.6 Å². The Bertz CT molecular complexity index is 1040. The van der Waals surface area contributed by atoms with Gasteiger partial charge in [0.15, 0.2) is 0 Å². The van der Waals surface area contributed by atoms with Crippen LogP contribution < -0.4 is 5.32 Å². The van der Waals surface area contributed by atoms with E-state index in [0.717, 1.165) is 28.5 Å². The van der Waals surface area contributed by atoms with Crippen LogP contribution in [-0.4, -0.2) is 21.7 Å². The molecule has 2 aromatic carbocycles. The largest absolute Gasteiger partial charge is 0.477 e. The summed E-state index contributed by atoms with van der Waals surface area (Å²) >= 11 is 6.02. The molecule has 30 heavy (non-hydrogen) atoms.